The smallest absolute Gasteiger partial charge is 0.366 e. The van der Waals surface area contributed by atoms with Gasteiger partial charge in [-0.25, -0.2) is 4.68 Å². The predicted molar refractivity (Wildman–Crippen MR) is 67.0 cm³/mol. The van der Waals surface area contributed by atoms with Crippen LogP contribution in [-0.4, -0.2) is 14.8 Å². The van der Waals surface area contributed by atoms with Gasteiger partial charge in [-0.15, -0.1) is 5.10 Å². The van der Waals surface area contributed by atoms with Crippen LogP contribution in [0, 0.1) is 0 Å². The first kappa shape index (κ1) is 13.0. The first-order valence-corrected chi connectivity index (χ1v) is 6.33. The van der Waals surface area contributed by atoms with Gasteiger partial charge < -0.3 is 5.73 Å². The molecule has 0 fully saturated rings. The summed E-state index contributed by atoms with van der Waals surface area (Å²) >= 11 is 0. The summed E-state index contributed by atoms with van der Waals surface area (Å²) in [5.41, 5.74) is 5.19. The fourth-order valence-electron chi connectivity index (χ4n) is 2.72. The maximum Gasteiger partial charge on any atom is 0.416 e. The lowest BCUT2D eigenvalue weighted by molar-refractivity contribution is -0.138. The maximum atomic E-state index is 13.1. The number of nitrogen functional groups attached to an aromatic ring is 1. The summed E-state index contributed by atoms with van der Waals surface area (Å²) in [5, 5.41) is 4.02. The zero-order valence-corrected chi connectivity index (χ0v) is 10.6. The normalized spacial score (nSPS) is 18.9. The van der Waals surface area contributed by atoms with Crippen molar-refractivity contribution in [3.8, 4) is 0 Å². The number of hydrogen-bond acceptors (Lipinski definition) is 3. The Morgan fingerprint density at radius 2 is 2.00 bits per heavy atom. The highest BCUT2D eigenvalue weighted by Gasteiger charge is 2.37. The van der Waals surface area contributed by atoms with Crippen molar-refractivity contribution < 1.29 is 13.2 Å². The highest BCUT2D eigenvalue weighted by Crippen LogP contribution is 2.40. The van der Waals surface area contributed by atoms with E-state index in [1.165, 1.54) is 12.1 Å². The van der Waals surface area contributed by atoms with Gasteiger partial charge in [0.2, 0.25) is 5.95 Å². The Hall–Kier alpha value is -2.05. The molecule has 0 saturated carbocycles. The van der Waals surface area contributed by atoms with Crippen LogP contribution in [0.5, 0.6) is 0 Å². The van der Waals surface area contributed by atoms with E-state index in [0.29, 0.717) is 18.8 Å². The molecule has 106 valence electrons. The molecule has 1 aliphatic heterocycles. The number of rotatable bonds is 1. The molecule has 1 aliphatic rings. The van der Waals surface area contributed by atoms with Crippen LogP contribution < -0.4 is 5.73 Å². The molecule has 0 unspecified atom stereocenters. The van der Waals surface area contributed by atoms with Crippen LogP contribution in [0.2, 0.25) is 0 Å². The van der Waals surface area contributed by atoms with Gasteiger partial charge in [-0.2, -0.15) is 18.2 Å². The molecule has 0 radical (unpaired) electrons. The zero-order chi connectivity index (χ0) is 14.3. The Kier molecular flexibility index (Phi) is 2.92. The summed E-state index contributed by atoms with van der Waals surface area (Å²) in [6.45, 7) is 0.643. The van der Waals surface area contributed by atoms with Crippen LogP contribution in [-0.2, 0) is 12.7 Å². The second kappa shape index (κ2) is 4.50. The van der Waals surface area contributed by atoms with Gasteiger partial charge in [0.1, 0.15) is 5.82 Å². The van der Waals surface area contributed by atoms with Crippen LogP contribution in [0.1, 0.15) is 35.7 Å². The number of alkyl halides is 3. The van der Waals surface area contributed by atoms with E-state index < -0.39 is 17.7 Å². The molecular formula is C13H13F3N4. The van der Waals surface area contributed by atoms with Crippen molar-refractivity contribution in [2.24, 2.45) is 0 Å². The molecule has 1 atom stereocenters. The Bertz CT molecular complexity index is 633. The Morgan fingerprint density at radius 3 is 2.75 bits per heavy atom. The minimum absolute atomic E-state index is 0.108. The van der Waals surface area contributed by atoms with E-state index in [9.17, 15) is 13.2 Å². The molecule has 0 bridgehead atoms. The average Bonchev–Trinajstić information content (AvgIpc) is 2.77. The molecule has 7 heteroatoms. The molecule has 4 nitrogen and oxygen atoms in total. The third kappa shape index (κ3) is 2.13. The summed E-state index contributed by atoms with van der Waals surface area (Å²) in [6.07, 6.45) is -3.00. The summed E-state index contributed by atoms with van der Waals surface area (Å²) in [5.74, 6) is 0.216. The summed E-state index contributed by atoms with van der Waals surface area (Å²) < 4.78 is 41.0. The molecule has 1 aromatic heterocycles. The fraction of sp³-hybridized carbons (Fsp3) is 0.385. The maximum absolute atomic E-state index is 13.1. The molecule has 1 aromatic carbocycles. The van der Waals surface area contributed by atoms with Crippen LogP contribution in [0.25, 0.3) is 0 Å². The van der Waals surface area contributed by atoms with Crippen LogP contribution in [0.15, 0.2) is 24.3 Å². The molecule has 20 heavy (non-hydrogen) atoms. The Labute approximate surface area is 113 Å². The minimum Gasteiger partial charge on any atom is -0.366 e. The predicted octanol–water partition coefficient (Wildman–Crippen LogP) is 2.80. The van der Waals surface area contributed by atoms with Gasteiger partial charge in [-0.3, -0.25) is 0 Å². The molecule has 3 rings (SSSR count). The van der Waals surface area contributed by atoms with E-state index >= 15 is 0 Å². The van der Waals surface area contributed by atoms with E-state index in [0.717, 1.165) is 12.5 Å². The van der Waals surface area contributed by atoms with Crippen molar-refractivity contribution >= 4 is 5.95 Å². The minimum atomic E-state index is -4.37. The van der Waals surface area contributed by atoms with Gasteiger partial charge in [0, 0.05) is 12.5 Å². The van der Waals surface area contributed by atoms with Crippen molar-refractivity contribution in [1.82, 2.24) is 14.8 Å². The molecule has 2 N–H and O–H groups in total. The third-order valence-corrected chi connectivity index (χ3v) is 3.53. The van der Waals surface area contributed by atoms with E-state index in [-0.39, 0.29) is 11.5 Å². The van der Waals surface area contributed by atoms with Crippen LogP contribution >= 0.6 is 0 Å². The molecule has 0 saturated heterocycles. The van der Waals surface area contributed by atoms with Crippen molar-refractivity contribution in [3.05, 3.63) is 41.2 Å². The second-order valence-electron chi connectivity index (χ2n) is 4.83. The average molecular weight is 282 g/mol. The molecule has 2 aromatic rings. The molecular weight excluding hydrogens is 269 g/mol. The first-order valence-electron chi connectivity index (χ1n) is 6.33. The number of benzene rings is 1. The van der Waals surface area contributed by atoms with E-state index in [4.69, 9.17) is 5.73 Å². The largest absolute Gasteiger partial charge is 0.416 e. The SMILES string of the molecule is Nc1nc2n(n1)CCC[C@H]2c1ccccc1C(F)(F)F. The van der Waals surface area contributed by atoms with E-state index in [1.807, 2.05) is 0 Å². The number of hydrogen-bond donors (Lipinski definition) is 1. The fourth-order valence-corrected chi connectivity index (χ4v) is 2.72. The van der Waals surface area contributed by atoms with E-state index in [1.54, 1.807) is 10.7 Å². The number of halogens is 3. The second-order valence-corrected chi connectivity index (χ2v) is 4.83. The van der Waals surface area contributed by atoms with Crippen LogP contribution in [0.3, 0.4) is 0 Å². The number of anilines is 1. The lowest BCUT2D eigenvalue weighted by atomic mass is 9.88. The quantitative estimate of drug-likeness (QED) is 0.875. The molecule has 0 spiro atoms. The summed E-state index contributed by atoms with van der Waals surface area (Å²) in [6, 6.07) is 5.62. The highest BCUT2D eigenvalue weighted by atomic mass is 19.4. The van der Waals surface area contributed by atoms with Crippen molar-refractivity contribution in [1.29, 1.82) is 0 Å². The Balaban J connectivity index is 2.11. The number of aryl methyl sites for hydroxylation is 1. The number of fused-ring (bicyclic) bond motifs is 1. The number of aromatic nitrogens is 3. The van der Waals surface area contributed by atoms with E-state index in [2.05, 4.69) is 10.1 Å². The van der Waals surface area contributed by atoms with Gasteiger partial charge in [0.15, 0.2) is 0 Å². The first-order chi connectivity index (χ1) is 9.47. The van der Waals surface area contributed by atoms with Crippen molar-refractivity contribution in [2.45, 2.75) is 31.5 Å². The van der Waals surface area contributed by atoms with Gasteiger partial charge >= 0.3 is 6.18 Å². The third-order valence-electron chi connectivity index (χ3n) is 3.53. The zero-order valence-electron chi connectivity index (χ0n) is 10.6. The molecule has 0 amide bonds. The monoisotopic (exact) mass is 282 g/mol. The van der Waals surface area contributed by atoms with Crippen LogP contribution in [0.4, 0.5) is 19.1 Å². The number of nitrogens with zero attached hydrogens (tertiary/aromatic N) is 3. The van der Waals surface area contributed by atoms with Gasteiger partial charge in [-0.1, -0.05) is 18.2 Å². The highest BCUT2D eigenvalue weighted by molar-refractivity contribution is 5.37. The molecule has 2 heterocycles. The number of nitrogens with two attached hydrogens (primary N) is 1. The topological polar surface area (TPSA) is 56.7 Å². The Morgan fingerprint density at radius 1 is 1.25 bits per heavy atom. The van der Waals surface area contributed by atoms with Gasteiger partial charge in [-0.05, 0) is 24.5 Å². The van der Waals surface area contributed by atoms with Crippen molar-refractivity contribution in [2.75, 3.05) is 5.73 Å². The standard InChI is InChI=1S/C13H13F3N4/c14-13(15,16)10-6-2-1-4-8(10)9-5-3-7-20-11(9)18-12(17)19-20/h1-2,4,6,9H,3,5,7H2,(H2,17,19)/t9-/m0/s1. The van der Waals surface area contributed by atoms with Gasteiger partial charge in [0.05, 0.1) is 5.56 Å². The molecule has 0 aliphatic carbocycles. The lowest BCUT2D eigenvalue weighted by Crippen LogP contribution is -2.21. The summed E-state index contributed by atoms with van der Waals surface area (Å²) in [4.78, 5) is 4.09. The lowest BCUT2D eigenvalue weighted by Gasteiger charge is -2.25. The van der Waals surface area contributed by atoms with Crippen molar-refractivity contribution in [3.63, 3.8) is 0 Å². The van der Waals surface area contributed by atoms with Gasteiger partial charge in [0.25, 0.3) is 0 Å². The summed E-state index contributed by atoms with van der Waals surface area (Å²) in [7, 11) is 0.